The molecular weight excluding hydrogens is 316 g/mol. The van der Waals surface area contributed by atoms with Crippen molar-refractivity contribution >= 4 is 23.2 Å². The lowest BCUT2D eigenvalue weighted by Crippen LogP contribution is -2.27. The first-order valence-corrected chi connectivity index (χ1v) is 8.59. The molecule has 1 aliphatic heterocycles. The van der Waals surface area contributed by atoms with Gasteiger partial charge in [-0.15, -0.1) is 0 Å². The number of nitrogens with one attached hydrogen (secondary N) is 1. The van der Waals surface area contributed by atoms with Gasteiger partial charge in [-0.2, -0.15) is 0 Å². The molecule has 0 saturated carbocycles. The molecule has 130 valence electrons. The van der Waals surface area contributed by atoms with Gasteiger partial charge in [-0.05, 0) is 36.6 Å². The molecule has 0 atom stereocenters. The summed E-state index contributed by atoms with van der Waals surface area (Å²) in [7, 11) is 0. The average Bonchev–Trinajstić information content (AvgIpc) is 3.06. The van der Waals surface area contributed by atoms with Gasteiger partial charge in [-0.1, -0.05) is 37.3 Å². The van der Waals surface area contributed by atoms with E-state index in [4.69, 9.17) is 4.74 Å². The summed E-state index contributed by atoms with van der Waals surface area (Å²) in [4.78, 5) is 26.0. The Labute approximate surface area is 147 Å². The summed E-state index contributed by atoms with van der Waals surface area (Å²) < 4.78 is 5.66. The minimum Gasteiger partial charge on any atom is -0.483 e. The maximum Gasteiger partial charge on any atom is 0.262 e. The number of ether oxygens (including phenoxy) is 1. The SMILES string of the molecule is CCc1ccccc1OCC(=O)Nc1ccccc1N1CCCC1=O. The number of benzene rings is 2. The summed E-state index contributed by atoms with van der Waals surface area (Å²) in [5.74, 6) is 0.572. The van der Waals surface area contributed by atoms with Gasteiger partial charge in [0.2, 0.25) is 5.91 Å². The number of hydrogen-bond acceptors (Lipinski definition) is 3. The van der Waals surface area contributed by atoms with Crippen LogP contribution in [-0.4, -0.2) is 25.0 Å². The number of nitrogens with zero attached hydrogens (tertiary/aromatic N) is 1. The van der Waals surface area contributed by atoms with Crippen molar-refractivity contribution in [1.29, 1.82) is 0 Å². The summed E-state index contributed by atoms with van der Waals surface area (Å²) in [5, 5.41) is 2.86. The number of rotatable bonds is 6. The van der Waals surface area contributed by atoms with E-state index in [-0.39, 0.29) is 18.4 Å². The zero-order valence-corrected chi connectivity index (χ0v) is 14.3. The third-order valence-corrected chi connectivity index (χ3v) is 4.25. The predicted molar refractivity (Wildman–Crippen MR) is 98.0 cm³/mol. The summed E-state index contributed by atoms with van der Waals surface area (Å²) in [6, 6.07) is 15.1. The number of hydrogen-bond donors (Lipinski definition) is 1. The summed E-state index contributed by atoms with van der Waals surface area (Å²) in [6.45, 7) is 2.66. The Morgan fingerprint density at radius 1 is 1.16 bits per heavy atom. The second kappa shape index (κ2) is 7.83. The molecule has 5 heteroatoms. The summed E-state index contributed by atoms with van der Waals surface area (Å²) >= 11 is 0. The van der Waals surface area contributed by atoms with Crippen LogP contribution in [0, 0.1) is 0 Å². The first-order chi connectivity index (χ1) is 12.2. The third kappa shape index (κ3) is 3.99. The van der Waals surface area contributed by atoms with Crippen LogP contribution in [0.1, 0.15) is 25.3 Å². The highest BCUT2D eigenvalue weighted by Gasteiger charge is 2.24. The molecule has 0 spiro atoms. The lowest BCUT2D eigenvalue weighted by molar-refractivity contribution is -0.118. The Morgan fingerprint density at radius 3 is 2.68 bits per heavy atom. The molecule has 2 amide bonds. The highest BCUT2D eigenvalue weighted by molar-refractivity contribution is 6.02. The number of carbonyl (C=O) groups is 2. The minimum absolute atomic E-state index is 0.0701. The molecule has 2 aromatic rings. The van der Waals surface area contributed by atoms with Crippen LogP contribution in [0.2, 0.25) is 0 Å². The third-order valence-electron chi connectivity index (χ3n) is 4.25. The second-order valence-electron chi connectivity index (χ2n) is 5.96. The lowest BCUT2D eigenvalue weighted by Gasteiger charge is -2.20. The van der Waals surface area contributed by atoms with E-state index in [0.717, 1.165) is 29.8 Å². The molecule has 25 heavy (non-hydrogen) atoms. The molecule has 5 nitrogen and oxygen atoms in total. The van der Waals surface area contributed by atoms with E-state index in [1.807, 2.05) is 49.4 Å². The van der Waals surface area contributed by atoms with Crippen LogP contribution in [-0.2, 0) is 16.0 Å². The maximum atomic E-state index is 12.3. The van der Waals surface area contributed by atoms with E-state index >= 15 is 0 Å². The molecule has 0 aliphatic carbocycles. The molecule has 0 unspecified atom stereocenters. The van der Waals surface area contributed by atoms with Crippen molar-refractivity contribution in [2.75, 3.05) is 23.4 Å². The van der Waals surface area contributed by atoms with Crippen molar-refractivity contribution in [3.05, 3.63) is 54.1 Å². The number of amides is 2. The van der Waals surface area contributed by atoms with Crippen LogP contribution >= 0.6 is 0 Å². The van der Waals surface area contributed by atoms with Crippen molar-refractivity contribution in [2.45, 2.75) is 26.2 Å². The summed E-state index contributed by atoms with van der Waals surface area (Å²) in [5.41, 5.74) is 2.45. The van der Waals surface area contributed by atoms with Gasteiger partial charge in [0.05, 0.1) is 11.4 Å². The number of carbonyl (C=O) groups excluding carboxylic acids is 2. The van der Waals surface area contributed by atoms with Crippen molar-refractivity contribution in [3.8, 4) is 5.75 Å². The van der Waals surface area contributed by atoms with Gasteiger partial charge < -0.3 is 15.0 Å². The fourth-order valence-electron chi connectivity index (χ4n) is 2.98. The Kier molecular flexibility index (Phi) is 5.33. The van der Waals surface area contributed by atoms with Crippen LogP contribution in [0.5, 0.6) is 5.75 Å². The van der Waals surface area contributed by atoms with Crippen molar-refractivity contribution < 1.29 is 14.3 Å². The number of anilines is 2. The largest absolute Gasteiger partial charge is 0.483 e. The Morgan fingerprint density at radius 2 is 1.92 bits per heavy atom. The van der Waals surface area contributed by atoms with E-state index < -0.39 is 0 Å². The molecule has 1 N–H and O–H groups in total. The molecule has 1 fully saturated rings. The quantitative estimate of drug-likeness (QED) is 0.878. The van der Waals surface area contributed by atoms with Gasteiger partial charge in [-0.3, -0.25) is 9.59 Å². The van der Waals surface area contributed by atoms with Gasteiger partial charge in [-0.25, -0.2) is 0 Å². The molecule has 0 bridgehead atoms. The van der Waals surface area contributed by atoms with Gasteiger partial charge in [0, 0.05) is 13.0 Å². The van der Waals surface area contributed by atoms with E-state index in [9.17, 15) is 9.59 Å². The van der Waals surface area contributed by atoms with E-state index in [1.54, 1.807) is 11.0 Å². The molecule has 3 rings (SSSR count). The zero-order chi connectivity index (χ0) is 17.6. The number of aryl methyl sites for hydroxylation is 1. The smallest absolute Gasteiger partial charge is 0.262 e. The fourth-order valence-corrected chi connectivity index (χ4v) is 2.98. The molecule has 0 radical (unpaired) electrons. The molecule has 2 aromatic carbocycles. The molecule has 1 saturated heterocycles. The van der Waals surface area contributed by atoms with E-state index in [2.05, 4.69) is 5.32 Å². The van der Waals surface area contributed by atoms with Gasteiger partial charge in [0.15, 0.2) is 6.61 Å². The Hall–Kier alpha value is -2.82. The molecule has 1 aliphatic rings. The van der Waals surface area contributed by atoms with Crippen molar-refractivity contribution in [3.63, 3.8) is 0 Å². The van der Waals surface area contributed by atoms with E-state index in [0.29, 0.717) is 18.7 Å². The van der Waals surface area contributed by atoms with Gasteiger partial charge in [0.1, 0.15) is 5.75 Å². The second-order valence-corrected chi connectivity index (χ2v) is 5.96. The van der Waals surface area contributed by atoms with Gasteiger partial charge >= 0.3 is 0 Å². The monoisotopic (exact) mass is 338 g/mol. The van der Waals surface area contributed by atoms with E-state index in [1.165, 1.54) is 0 Å². The first kappa shape index (κ1) is 17.0. The predicted octanol–water partition coefficient (Wildman–Crippen LogP) is 3.39. The van der Waals surface area contributed by atoms with Gasteiger partial charge in [0.25, 0.3) is 5.91 Å². The summed E-state index contributed by atoms with van der Waals surface area (Å²) in [6.07, 6.45) is 2.24. The minimum atomic E-state index is -0.245. The Balaban J connectivity index is 1.66. The first-order valence-electron chi connectivity index (χ1n) is 8.59. The van der Waals surface area contributed by atoms with Crippen LogP contribution in [0.15, 0.2) is 48.5 Å². The maximum absolute atomic E-state index is 12.3. The van der Waals surface area contributed by atoms with Crippen LogP contribution in [0.25, 0.3) is 0 Å². The normalized spacial score (nSPS) is 13.8. The average molecular weight is 338 g/mol. The highest BCUT2D eigenvalue weighted by atomic mass is 16.5. The molecule has 1 heterocycles. The van der Waals surface area contributed by atoms with Crippen LogP contribution in [0.4, 0.5) is 11.4 Å². The Bertz CT molecular complexity index is 773. The lowest BCUT2D eigenvalue weighted by atomic mass is 10.1. The fraction of sp³-hybridized carbons (Fsp3) is 0.300. The topological polar surface area (TPSA) is 58.6 Å². The zero-order valence-electron chi connectivity index (χ0n) is 14.3. The number of para-hydroxylation sites is 3. The molecular formula is C20H22N2O3. The standard InChI is InChI=1S/C20H22N2O3/c1-2-15-8-3-6-11-18(15)25-14-19(23)21-16-9-4-5-10-17(16)22-13-7-12-20(22)24/h3-6,8-11H,2,7,12-14H2,1H3,(H,21,23). The van der Waals surface area contributed by atoms with Crippen LogP contribution < -0.4 is 15.0 Å². The molecule has 0 aromatic heterocycles. The van der Waals surface area contributed by atoms with Crippen LogP contribution in [0.3, 0.4) is 0 Å². The van der Waals surface area contributed by atoms with Crippen molar-refractivity contribution in [2.24, 2.45) is 0 Å². The van der Waals surface area contributed by atoms with Crippen molar-refractivity contribution in [1.82, 2.24) is 0 Å². The highest BCUT2D eigenvalue weighted by Crippen LogP contribution is 2.29.